The van der Waals surface area contributed by atoms with Crippen molar-refractivity contribution in [2.75, 3.05) is 13.2 Å². The molecule has 6 heteroatoms. The normalized spacial score (nSPS) is 12.5. The summed E-state index contributed by atoms with van der Waals surface area (Å²) in [6.07, 6.45) is 78.4. The Morgan fingerprint density at radius 3 is 0.973 bits per heavy atom. The van der Waals surface area contributed by atoms with Crippen molar-refractivity contribution in [2.24, 2.45) is 0 Å². The van der Waals surface area contributed by atoms with E-state index < -0.39 is 12.1 Å². The van der Waals surface area contributed by atoms with Crippen molar-refractivity contribution in [3.05, 3.63) is 12.2 Å². The molecule has 2 unspecified atom stereocenters. The first-order valence-corrected chi connectivity index (χ1v) is 33.9. The summed E-state index contributed by atoms with van der Waals surface area (Å²) < 4.78 is 5.48. The van der Waals surface area contributed by atoms with E-state index in [-0.39, 0.29) is 18.5 Å². The van der Waals surface area contributed by atoms with Crippen LogP contribution in [0.4, 0.5) is 0 Å². The first-order valence-electron chi connectivity index (χ1n) is 33.9. The van der Waals surface area contributed by atoms with Crippen LogP contribution >= 0.6 is 0 Å². The van der Waals surface area contributed by atoms with Crippen molar-refractivity contribution < 1.29 is 24.5 Å². The quantitative estimate of drug-likeness (QED) is 0.0320. The van der Waals surface area contributed by atoms with E-state index in [2.05, 4.69) is 31.3 Å². The highest BCUT2D eigenvalue weighted by Crippen LogP contribution is 2.19. The Morgan fingerprint density at radius 1 is 0.365 bits per heavy atom. The van der Waals surface area contributed by atoms with Gasteiger partial charge in [-0.05, 0) is 51.4 Å². The van der Waals surface area contributed by atoms with Gasteiger partial charge in [0.2, 0.25) is 5.91 Å². The molecule has 0 aromatic rings. The van der Waals surface area contributed by atoms with Gasteiger partial charge in [0.1, 0.15) is 0 Å². The van der Waals surface area contributed by atoms with Crippen molar-refractivity contribution in [1.82, 2.24) is 5.32 Å². The number of aliphatic hydroxyl groups excluding tert-OH is 2. The Hall–Kier alpha value is -1.40. The predicted molar refractivity (Wildman–Crippen MR) is 324 cm³/mol. The average molecular weight is 1040 g/mol. The molecule has 0 fully saturated rings. The molecule has 0 saturated carbocycles. The second-order valence-corrected chi connectivity index (χ2v) is 23.5. The molecule has 6 nitrogen and oxygen atoms in total. The maximum Gasteiger partial charge on any atom is 0.305 e. The molecule has 0 spiro atoms. The fourth-order valence-corrected chi connectivity index (χ4v) is 10.9. The van der Waals surface area contributed by atoms with Gasteiger partial charge in [-0.15, -0.1) is 0 Å². The number of ether oxygens (including phenoxy) is 1. The standard InChI is InChI=1S/C68H133NO5/c1-3-5-7-9-11-13-15-37-42-46-50-54-58-62-68(73)74-63-59-55-51-47-43-39-36-34-32-30-28-26-24-22-20-18-17-19-21-23-25-27-29-31-33-35-38-41-45-49-53-57-61-67(72)69-65(64-70)66(71)60-56-52-48-44-40-16-14-12-10-8-6-4-2/h13,15,65-66,70-71H,3-12,14,16-64H2,1-2H3,(H,69,72)/b15-13-. The topological polar surface area (TPSA) is 95.9 Å². The second kappa shape index (κ2) is 64.1. The predicted octanol–water partition coefficient (Wildman–Crippen LogP) is 21.6. The van der Waals surface area contributed by atoms with Crippen molar-refractivity contribution in [3.63, 3.8) is 0 Å². The lowest BCUT2D eigenvalue weighted by Crippen LogP contribution is -2.45. The van der Waals surface area contributed by atoms with E-state index in [1.54, 1.807) is 0 Å². The first kappa shape index (κ1) is 72.6. The van der Waals surface area contributed by atoms with Gasteiger partial charge < -0.3 is 20.3 Å². The summed E-state index contributed by atoms with van der Waals surface area (Å²) in [5, 5.41) is 23.3. The molecule has 0 radical (unpaired) electrons. The number of hydrogen-bond acceptors (Lipinski definition) is 5. The Bertz CT molecular complexity index is 1110. The van der Waals surface area contributed by atoms with Gasteiger partial charge in [-0.1, -0.05) is 334 Å². The SMILES string of the molecule is CCCCCC/C=C\CCCCCCCC(=O)OCCCCCCCCCCCCCCCCCCCCCCCCCCCCCCCCCCC(=O)NC(CO)C(O)CCCCCCCCCCCCCC. The lowest BCUT2D eigenvalue weighted by molar-refractivity contribution is -0.143. The highest BCUT2D eigenvalue weighted by molar-refractivity contribution is 5.76. The first-order chi connectivity index (χ1) is 36.5. The monoisotopic (exact) mass is 1040 g/mol. The number of nitrogens with one attached hydrogen (secondary N) is 1. The average Bonchev–Trinajstić information content (AvgIpc) is 3.40. The van der Waals surface area contributed by atoms with Gasteiger partial charge in [-0.25, -0.2) is 0 Å². The number of aliphatic hydroxyl groups is 2. The zero-order valence-corrected chi connectivity index (χ0v) is 50.4. The minimum Gasteiger partial charge on any atom is -0.466 e. The van der Waals surface area contributed by atoms with Gasteiger partial charge in [-0.3, -0.25) is 9.59 Å². The Morgan fingerprint density at radius 2 is 0.635 bits per heavy atom. The largest absolute Gasteiger partial charge is 0.466 e. The number of esters is 1. The van der Waals surface area contributed by atoms with Crippen molar-refractivity contribution in [2.45, 2.75) is 398 Å². The summed E-state index contributed by atoms with van der Waals surface area (Å²) in [6.45, 7) is 4.96. The van der Waals surface area contributed by atoms with Crippen molar-refractivity contribution in [3.8, 4) is 0 Å². The highest BCUT2D eigenvalue weighted by atomic mass is 16.5. The van der Waals surface area contributed by atoms with E-state index in [0.29, 0.717) is 25.9 Å². The summed E-state index contributed by atoms with van der Waals surface area (Å²) in [5.74, 6) is -0.0162. The molecule has 0 heterocycles. The molecule has 0 bridgehead atoms. The van der Waals surface area contributed by atoms with Crippen LogP contribution in [0.15, 0.2) is 12.2 Å². The van der Waals surface area contributed by atoms with Crippen LogP contribution in [0.5, 0.6) is 0 Å². The fourth-order valence-electron chi connectivity index (χ4n) is 10.9. The summed E-state index contributed by atoms with van der Waals surface area (Å²) in [7, 11) is 0. The van der Waals surface area contributed by atoms with Crippen LogP contribution in [0.2, 0.25) is 0 Å². The maximum atomic E-state index is 12.5. The van der Waals surface area contributed by atoms with Crippen LogP contribution in [0.1, 0.15) is 386 Å². The molecule has 2 atom stereocenters. The zero-order chi connectivity index (χ0) is 53.6. The van der Waals surface area contributed by atoms with Crippen LogP contribution in [-0.4, -0.2) is 47.4 Å². The molecule has 1 amide bonds. The molecule has 0 saturated heterocycles. The third-order valence-corrected chi connectivity index (χ3v) is 16.1. The molecular weight excluding hydrogens is 911 g/mol. The Balaban J connectivity index is 3.30. The number of carbonyl (C=O) groups is 2. The number of amides is 1. The number of unbranched alkanes of at least 4 members (excludes halogenated alkanes) is 51. The molecule has 0 aromatic carbocycles. The fraction of sp³-hybridized carbons (Fsp3) is 0.941. The third kappa shape index (κ3) is 59.8. The Kier molecular flexibility index (Phi) is 62.9. The number of hydrogen-bond donors (Lipinski definition) is 3. The molecule has 0 aliphatic rings. The van der Waals surface area contributed by atoms with Crippen molar-refractivity contribution in [1.29, 1.82) is 0 Å². The molecule has 74 heavy (non-hydrogen) atoms. The molecule has 0 aliphatic heterocycles. The van der Waals surface area contributed by atoms with E-state index in [0.717, 1.165) is 44.9 Å². The highest BCUT2D eigenvalue weighted by Gasteiger charge is 2.20. The van der Waals surface area contributed by atoms with Crippen LogP contribution in [-0.2, 0) is 14.3 Å². The van der Waals surface area contributed by atoms with Gasteiger partial charge in [0.25, 0.3) is 0 Å². The smallest absolute Gasteiger partial charge is 0.305 e. The van der Waals surface area contributed by atoms with Crippen LogP contribution < -0.4 is 5.32 Å². The minimum atomic E-state index is -0.659. The Labute approximate surface area is 463 Å². The van der Waals surface area contributed by atoms with E-state index >= 15 is 0 Å². The van der Waals surface area contributed by atoms with Crippen LogP contribution in [0.3, 0.4) is 0 Å². The van der Waals surface area contributed by atoms with E-state index in [1.807, 2.05) is 0 Å². The number of carbonyl (C=O) groups excluding carboxylic acids is 2. The van der Waals surface area contributed by atoms with Crippen LogP contribution in [0.25, 0.3) is 0 Å². The van der Waals surface area contributed by atoms with E-state index in [9.17, 15) is 19.8 Å². The van der Waals surface area contributed by atoms with Gasteiger partial charge in [-0.2, -0.15) is 0 Å². The van der Waals surface area contributed by atoms with Crippen LogP contribution in [0, 0.1) is 0 Å². The molecule has 440 valence electrons. The minimum absolute atomic E-state index is 0.0125. The molecule has 0 rings (SSSR count). The number of rotatable bonds is 64. The maximum absolute atomic E-state index is 12.5. The van der Waals surface area contributed by atoms with Gasteiger partial charge in [0.15, 0.2) is 0 Å². The van der Waals surface area contributed by atoms with Crippen molar-refractivity contribution >= 4 is 11.9 Å². The summed E-state index contributed by atoms with van der Waals surface area (Å²) >= 11 is 0. The summed E-state index contributed by atoms with van der Waals surface area (Å²) in [6, 6.07) is -0.536. The van der Waals surface area contributed by atoms with Gasteiger partial charge >= 0.3 is 5.97 Å². The lowest BCUT2D eigenvalue weighted by atomic mass is 10.0. The molecule has 0 aromatic heterocycles. The summed E-state index contributed by atoms with van der Waals surface area (Å²) in [4.78, 5) is 24.5. The van der Waals surface area contributed by atoms with Gasteiger partial charge in [0.05, 0.1) is 25.4 Å². The molecule has 3 N–H and O–H groups in total. The lowest BCUT2D eigenvalue weighted by Gasteiger charge is -2.22. The third-order valence-electron chi connectivity index (χ3n) is 16.1. The van der Waals surface area contributed by atoms with Gasteiger partial charge in [0, 0.05) is 12.8 Å². The molecular formula is C68H133NO5. The zero-order valence-electron chi connectivity index (χ0n) is 50.4. The number of allylic oxidation sites excluding steroid dienone is 2. The van der Waals surface area contributed by atoms with E-state index in [1.165, 1.54) is 308 Å². The second-order valence-electron chi connectivity index (χ2n) is 23.5. The molecule has 0 aliphatic carbocycles. The summed E-state index contributed by atoms with van der Waals surface area (Å²) in [5.41, 5.74) is 0. The van der Waals surface area contributed by atoms with E-state index in [4.69, 9.17) is 4.74 Å².